The molecule has 1 nitrogen and oxygen atoms in total. The normalized spacial score (nSPS) is 9.87. The Morgan fingerprint density at radius 2 is 1.87 bits per heavy atom. The van der Waals surface area contributed by atoms with Crippen LogP contribution in [0.25, 0.3) is 0 Å². The fraction of sp³-hybridized carbons (Fsp3) is 0.143. The average molecular weight is 201 g/mol. The Bertz CT molecular complexity index is 309. The van der Waals surface area contributed by atoms with E-state index in [0.29, 0.717) is 6.54 Å². The van der Waals surface area contributed by atoms with Gasteiger partial charge in [-0.3, -0.25) is 0 Å². The van der Waals surface area contributed by atoms with Gasteiger partial charge in [0.15, 0.2) is 0 Å². The zero-order valence-corrected chi connectivity index (χ0v) is 9.32. The molecule has 0 unspecified atom stereocenters. The third-order valence-electron chi connectivity index (χ3n) is 1.77. The molecule has 0 atom stereocenters. The fourth-order valence-corrected chi connectivity index (χ4v) is 0.905. The number of aryl methyl sites for hydroxylation is 1. The molecule has 0 bridgehead atoms. The Kier molecular flexibility index (Phi) is 8.02. The minimum absolute atomic E-state index is 0.537. The molecule has 0 amide bonds. The average Bonchev–Trinajstić information content (AvgIpc) is 2.28. The van der Waals surface area contributed by atoms with Gasteiger partial charge in [0, 0.05) is 6.54 Å². The van der Waals surface area contributed by atoms with Crippen LogP contribution in [0.2, 0.25) is 0 Å². The Labute approximate surface area is 92.6 Å². The van der Waals surface area contributed by atoms with Crippen LogP contribution in [0.1, 0.15) is 5.56 Å². The Hall–Kier alpha value is -1.60. The Balaban J connectivity index is 0.000000262. The number of allylic oxidation sites excluding steroid dienone is 2. The van der Waals surface area contributed by atoms with Crippen molar-refractivity contribution in [2.24, 2.45) is 5.73 Å². The van der Waals surface area contributed by atoms with E-state index in [1.165, 1.54) is 5.56 Å². The quantitative estimate of drug-likeness (QED) is 0.746. The van der Waals surface area contributed by atoms with Crippen molar-refractivity contribution < 1.29 is 0 Å². The molecule has 0 heterocycles. The van der Waals surface area contributed by atoms with Crippen LogP contribution in [0, 0.1) is 6.92 Å². The van der Waals surface area contributed by atoms with Crippen LogP contribution in [-0.4, -0.2) is 6.54 Å². The van der Waals surface area contributed by atoms with Crippen LogP contribution in [0.5, 0.6) is 0 Å². The summed E-state index contributed by atoms with van der Waals surface area (Å²) in [5.74, 6) is 0. The highest BCUT2D eigenvalue weighted by atomic mass is 14.5. The molecule has 0 saturated heterocycles. The van der Waals surface area contributed by atoms with Gasteiger partial charge in [-0.2, -0.15) is 0 Å². The molecule has 0 aromatic heterocycles. The van der Waals surface area contributed by atoms with E-state index in [4.69, 9.17) is 5.73 Å². The minimum Gasteiger partial charge on any atom is -0.326 e. The molecule has 0 aliphatic carbocycles. The topological polar surface area (TPSA) is 26.0 Å². The maximum absolute atomic E-state index is 5.28. The second-order valence-electron chi connectivity index (χ2n) is 3.04. The van der Waals surface area contributed by atoms with E-state index >= 15 is 0 Å². The molecule has 1 rings (SSSR count). The van der Waals surface area contributed by atoms with Crippen molar-refractivity contribution in [3.05, 3.63) is 72.9 Å². The Morgan fingerprint density at radius 3 is 2.07 bits per heavy atom. The van der Waals surface area contributed by atoms with Gasteiger partial charge in [-0.05, 0) is 12.5 Å². The zero-order valence-electron chi connectivity index (χ0n) is 9.32. The van der Waals surface area contributed by atoms with Gasteiger partial charge in [-0.1, -0.05) is 67.3 Å². The van der Waals surface area contributed by atoms with Gasteiger partial charge in [0.1, 0.15) is 0 Å². The molecule has 0 radical (unpaired) electrons. The summed E-state index contributed by atoms with van der Waals surface area (Å²) in [5.41, 5.74) is 7.62. The van der Waals surface area contributed by atoms with Crippen molar-refractivity contribution in [1.29, 1.82) is 0 Å². The summed E-state index contributed by atoms with van der Waals surface area (Å²) in [7, 11) is 0. The van der Waals surface area contributed by atoms with Gasteiger partial charge in [0.25, 0.3) is 0 Å². The molecule has 0 aliphatic heterocycles. The van der Waals surface area contributed by atoms with Crippen LogP contribution < -0.4 is 5.73 Å². The molecule has 1 aromatic rings. The van der Waals surface area contributed by atoms with Gasteiger partial charge >= 0.3 is 0 Å². The number of rotatable bonds is 3. The monoisotopic (exact) mass is 201 g/mol. The predicted molar refractivity (Wildman–Crippen MR) is 68.7 cm³/mol. The lowest BCUT2D eigenvalue weighted by molar-refractivity contribution is 1.19. The van der Waals surface area contributed by atoms with Gasteiger partial charge in [0.2, 0.25) is 0 Å². The minimum atomic E-state index is 0.537. The summed E-state index contributed by atoms with van der Waals surface area (Å²) in [4.78, 5) is 0. The summed E-state index contributed by atoms with van der Waals surface area (Å²) < 4.78 is 0. The van der Waals surface area contributed by atoms with Crippen molar-refractivity contribution in [2.45, 2.75) is 6.92 Å². The second-order valence-corrected chi connectivity index (χ2v) is 3.04. The maximum atomic E-state index is 5.28. The maximum Gasteiger partial charge on any atom is 0.0177 e. The summed E-state index contributed by atoms with van der Waals surface area (Å²) in [6, 6.07) is 10.3. The van der Waals surface area contributed by atoms with Gasteiger partial charge in [-0.25, -0.2) is 0 Å². The van der Waals surface area contributed by atoms with Gasteiger partial charge in [-0.15, -0.1) is 0 Å². The van der Waals surface area contributed by atoms with Crippen LogP contribution >= 0.6 is 0 Å². The van der Waals surface area contributed by atoms with Gasteiger partial charge < -0.3 is 5.73 Å². The highest BCUT2D eigenvalue weighted by Crippen LogP contribution is 1.92. The van der Waals surface area contributed by atoms with Crippen LogP contribution in [-0.2, 0) is 0 Å². The van der Waals surface area contributed by atoms with E-state index in [-0.39, 0.29) is 0 Å². The molecule has 0 spiro atoms. The molecule has 1 aromatic carbocycles. The van der Waals surface area contributed by atoms with Gasteiger partial charge in [0.05, 0.1) is 0 Å². The third kappa shape index (κ3) is 7.47. The summed E-state index contributed by atoms with van der Waals surface area (Å²) >= 11 is 0. The van der Waals surface area contributed by atoms with E-state index in [0.717, 1.165) is 5.57 Å². The molecular formula is C14H19N. The van der Waals surface area contributed by atoms with Crippen molar-refractivity contribution in [3.8, 4) is 0 Å². The van der Waals surface area contributed by atoms with Crippen LogP contribution in [0.3, 0.4) is 0 Å². The lowest BCUT2D eigenvalue weighted by atomic mass is 10.2. The van der Waals surface area contributed by atoms with E-state index in [9.17, 15) is 0 Å². The molecule has 2 N–H and O–H groups in total. The summed E-state index contributed by atoms with van der Waals surface area (Å²) in [6.45, 7) is 9.69. The molecule has 0 aliphatic rings. The highest BCUT2D eigenvalue weighted by molar-refractivity contribution is 5.21. The first-order valence-electron chi connectivity index (χ1n) is 4.90. The van der Waals surface area contributed by atoms with E-state index in [1.807, 2.05) is 24.3 Å². The number of nitrogens with two attached hydrogens (primary N) is 1. The zero-order chi connectivity index (χ0) is 11.5. The lowest BCUT2D eigenvalue weighted by Gasteiger charge is -1.89. The standard InChI is InChI=1S/C7H11N.C7H8/c1-3-5-7(4-2)6-8;1-7-5-3-2-4-6-7/h3-5H,1-2,6,8H2;2-6H,1H3/b7-5+;. The van der Waals surface area contributed by atoms with Crippen LogP contribution in [0.4, 0.5) is 0 Å². The first-order valence-corrected chi connectivity index (χ1v) is 4.90. The molecule has 0 fully saturated rings. The summed E-state index contributed by atoms with van der Waals surface area (Å²) in [6.07, 6.45) is 5.26. The smallest absolute Gasteiger partial charge is 0.0177 e. The van der Waals surface area contributed by atoms with E-state index < -0.39 is 0 Å². The van der Waals surface area contributed by atoms with Crippen LogP contribution in [0.15, 0.2) is 67.3 Å². The fourth-order valence-electron chi connectivity index (χ4n) is 0.905. The lowest BCUT2D eigenvalue weighted by Crippen LogP contribution is -1.99. The second kappa shape index (κ2) is 8.97. The predicted octanol–water partition coefficient (Wildman–Crippen LogP) is 3.24. The molecule has 0 saturated carbocycles. The third-order valence-corrected chi connectivity index (χ3v) is 1.77. The first kappa shape index (κ1) is 13.4. The van der Waals surface area contributed by atoms with Crippen molar-refractivity contribution in [1.82, 2.24) is 0 Å². The molecule has 15 heavy (non-hydrogen) atoms. The first-order chi connectivity index (χ1) is 7.24. The number of benzene rings is 1. The molecular weight excluding hydrogens is 182 g/mol. The van der Waals surface area contributed by atoms with Crippen molar-refractivity contribution in [3.63, 3.8) is 0 Å². The highest BCUT2D eigenvalue weighted by Gasteiger charge is 1.79. The SMILES string of the molecule is C=C/C=C(\C=C)CN.Cc1ccccc1. The van der Waals surface area contributed by atoms with E-state index in [2.05, 4.69) is 32.2 Å². The Morgan fingerprint density at radius 1 is 1.27 bits per heavy atom. The largest absolute Gasteiger partial charge is 0.326 e. The van der Waals surface area contributed by atoms with E-state index in [1.54, 1.807) is 12.2 Å². The van der Waals surface area contributed by atoms with Crippen molar-refractivity contribution in [2.75, 3.05) is 6.54 Å². The molecule has 1 heteroatoms. The van der Waals surface area contributed by atoms with Crippen molar-refractivity contribution >= 4 is 0 Å². The number of hydrogen-bond acceptors (Lipinski definition) is 1. The summed E-state index contributed by atoms with van der Waals surface area (Å²) in [5, 5.41) is 0. The number of hydrogen-bond donors (Lipinski definition) is 1. The molecule has 80 valence electrons.